The number of nitrogens with one attached hydrogen (secondary N) is 1. The largest absolute Gasteiger partial charge is 0.348 e. The highest BCUT2D eigenvalue weighted by Gasteiger charge is 2.21. The lowest BCUT2D eigenvalue weighted by Crippen LogP contribution is -2.44. The molecule has 0 saturated heterocycles. The third-order valence-corrected chi connectivity index (χ3v) is 4.46. The van der Waals surface area contributed by atoms with Gasteiger partial charge in [0, 0.05) is 25.2 Å². The minimum Gasteiger partial charge on any atom is -0.348 e. The summed E-state index contributed by atoms with van der Waals surface area (Å²) in [6.07, 6.45) is 0.789. The molecule has 0 heterocycles. The molecule has 11 heteroatoms. The fourth-order valence-electron chi connectivity index (χ4n) is 2.59. The zero-order chi connectivity index (χ0) is 22.1. The summed E-state index contributed by atoms with van der Waals surface area (Å²) in [6.45, 7) is 0.706. The standard InChI is InChI=1S/C19H17N5O5S/c20-8-4-9-22(10-7-14-5-2-1-3-6-14)19(30)21-18(25)15-11-16(23(26)27)13-17(12-15)24(28)29/h1-3,5-6,11-13H,4,7,9-10H2,(H,21,25,30). The number of nitro benzene ring substituents is 2. The van der Waals surface area contributed by atoms with E-state index >= 15 is 0 Å². The van der Waals surface area contributed by atoms with Gasteiger partial charge in [0.15, 0.2) is 5.11 Å². The molecule has 0 fully saturated rings. The lowest BCUT2D eigenvalue weighted by molar-refractivity contribution is -0.394. The Labute approximate surface area is 177 Å². The fraction of sp³-hybridized carbons (Fsp3) is 0.211. The SMILES string of the molecule is N#CCCN(CCc1ccccc1)C(=S)NC(=O)c1cc([N+](=O)[O-])cc([N+](=O)[O-])c1. The second kappa shape index (κ2) is 10.6. The van der Waals surface area contributed by atoms with Gasteiger partial charge in [-0.25, -0.2) is 0 Å². The quantitative estimate of drug-likeness (QED) is 0.385. The molecule has 0 aliphatic rings. The van der Waals surface area contributed by atoms with Crippen LogP contribution in [0.25, 0.3) is 0 Å². The number of nitro groups is 2. The van der Waals surface area contributed by atoms with Crippen molar-refractivity contribution >= 4 is 34.6 Å². The number of rotatable bonds is 8. The molecule has 1 N–H and O–H groups in total. The van der Waals surface area contributed by atoms with Crippen LogP contribution in [0.3, 0.4) is 0 Å². The van der Waals surface area contributed by atoms with Crippen LogP contribution in [-0.4, -0.2) is 38.9 Å². The molecule has 0 unspecified atom stereocenters. The summed E-state index contributed by atoms with van der Waals surface area (Å²) < 4.78 is 0. The minimum atomic E-state index is -0.818. The van der Waals surface area contributed by atoms with Crippen LogP contribution >= 0.6 is 12.2 Å². The van der Waals surface area contributed by atoms with E-state index in [0.717, 1.165) is 23.8 Å². The molecule has 0 bridgehead atoms. The number of carbonyl (C=O) groups excluding carboxylic acids is 1. The van der Waals surface area contributed by atoms with Crippen molar-refractivity contribution < 1.29 is 14.6 Å². The number of non-ortho nitro benzene ring substituents is 2. The number of nitrogens with zero attached hydrogens (tertiary/aromatic N) is 4. The van der Waals surface area contributed by atoms with E-state index in [0.29, 0.717) is 13.0 Å². The molecule has 154 valence electrons. The minimum absolute atomic E-state index is 0.0281. The Morgan fingerprint density at radius 1 is 1.07 bits per heavy atom. The Morgan fingerprint density at radius 3 is 2.20 bits per heavy atom. The molecule has 10 nitrogen and oxygen atoms in total. The first kappa shape index (κ1) is 22.4. The predicted molar refractivity (Wildman–Crippen MR) is 112 cm³/mol. The number of hydrogen-bond acceptors (Lipinski definition) is 7. The maximum absolute atomic E-state index is 12.5. The van der Waals surface area contributed by atoms with Crippen LogP contribution < -0.4 is 5.32 Å². The summed E-state index contributed by atoms with van der Waals surface area (Å²) in [5.74, 6) is -0.812. The second-order valence-electron chi connectivity index (χ2n) is 6.14. The normalized spacial score (nSPS) is 9.97. The highest BCUT2D eigenvalue weighted by Crippen LogP contribution is 2.22. The molecule has 30 heavy (non-hydrogen) atoms. The van der Waals surface area contributed by atoms with Crippen molar-refractivity contribution in [3.63, 3.8) is 0 Å². The van der Waals surface area contributed by atoms with E-state index in [1.54, 1.807) is 4.90 Å². The Hall–Kier alpha value is -3.91. The van der Waals surface area contributed by atoms with Crippen LogP contribution in [0.4, 0.5) is 11.4 Å². The van der Waals surface area contributed by atoms with Crippen molar-refractivity contribution in [3.05, 3.63) is 79.9 Å². The van der Waals surface area contributed by atoms with Crippen LogP contribution in [0.15, 0.2) is 48.5 Å². The monoisotopic (exact) mass is 427 g/mol. The van der Waals surface area contributed by atoms with E-state index in [1.165, 1.54) is 0 Å². The lowest BCUT2D eigenvalue weighted by Gasteiger charge is -2.24. The van der Waals surface area contributed by atoms with Crippen molar-refractivity contribution in [2.45, 2.75) is 12.8 Å². The van der Waals surface area contributed by atoms with Gasteiger partial charge >= 0.3 is 0 Å². The predicted octanol–water partition coefficient (Wildman–Crippen LogP) is 2.98. The third kappa shape index (κ3) is 6.32. The molecule has 2 aromatic rings. The van der Waals surface area contributed by atoms with Gasteiger partial charge in [0.05, 0.1) is 34.0 Å². The smallest absolute Gasteiger partial charge is 0.277 e. The Kier molecular flexibility index (Phi) is 7.90. The maximum Gasteiger partial charge on any atom is 0.277 e. The summed E-state index contributed by atoms with van der Waals surface area (Å²) in [5, 5.41) is 33.3. The van der Waals surface area contributed by atoms with Gasteiger partial charge in [-0.3, -0.25) is 30.3 Å². The summed E-state index contributed by atoms with van der Waals surface area (Å²) in [4.78, 5) is 34.5. The molecule has 1 amide bonds. The van der Waals surface area contributed by atoms with E-state index < -0.39 is 27.1 Å². The van der Waals surface area contributed by atoms with E-state index in [2.05, 4.69) is 5.32 Å². The molecule has 2 rings (SSSR count). The van der Waals surface area contributed by atoms with Crippen molar-refractivity contribution in [2.75, 3.05) is 13.1 Å². The highest BCUT2D eigenvalue weighted by atomic mass is 32.1. The average molecular weight is 427 g/mol. The molecule has 0 aliphatic carbocycles. The first-order chi connectivity index (χ1) is 14.3. The van der Waals surface area contributed by atoms with E-state index in [-0.39, 0.29) is 23.6 Å². The first-order valence-electron chi connectivity index (χ1n) is 8.77. The van der Waals surface area contributed by atoms with Crippen molar-refractivity contribution in [3.8, 4) is 6.07 Å². The van der Waals surface area contributed by atoms with E-state index in [1.807, 2.05) is 36.4 Å². The van der Waals surface area contributed by atoms with Crippen LogP contribution in [0.2, 0.25) is 0 Å². The van der Waals surface area contributed by atoms with Gasteiger partial charge in [-0.05, 0) is 24.2 Å². The molecule has 0 aromatic heterocycles. The Morgan fingerprint density at radius 2 is 1.67 bits per heavy atom. The molecule has 0 radical (unpaired) electrons. The molecule has 2 aromatic carbocycles. The summed E-state index contributed by atoms with van der Waals surface area (Å²) in [5.41, 5.74) is -0.374. The Bertz CT molecular complexity index is 974. The number of hydrogen-bond donors (Lipinski definition) is 1. The molecular weight excluding hydrogens is 410 g/mol. The van der Waals surface area contributed by atoms with Crippen molar-refractivity contribution in [1.29, 1.82) is 5.26 Å². The van der Waals surface area contributed by atoms with Gasteiger partial charge in [-0.15, -0.1) is 0 Å². The second-order valence-corrected chi connectivity index (χ2v) is 6.53. The molecule has 0 aliphatic heterocycles. The summed E-state index contributed by atoms with van der Waals surface area (Å²) in [6, 6.07) is 14.2. The van der Waals surface area contributed by atoms with Gasteiger partial charge < -0.3 is 4.90 Å². The molecule has 0 spiro atoms. The van der Waals surface area contributed by atoms with Crippen molar-refractivity contribution in [2.24, 2.45) is 0 Å². The number of thiocarbonyl (C=S) groups is 1. The van der Waals surface area contributed by atoms with Crippen LogP contribution in [0, 0.1) is 31.6 Å². The maximum atomic E-state index is 12.5. The van der Waals surface area contributed by atoms with Crippen LogP contribution in [0.1, 0.15) is 22.3 Å². The van der Waals surface area contributed by atoms with Gasteiger partial charge in [-0.1, -0.05) is 30.3 Å². The number of carbonyl (C=O) groups is 1. The molecule has 0 saturated carbocycles. The zero-order valence-corrected chi connectivity index (χ0v) is 16.5. The Balaban J connectivity index is 2.15. The van der Waals surface area contributed by atoms with Gasteiger partial charge in [-0.2, -0.15) is 5.26 Å². The van der Waals surface area contributed by atoms with Crippen molar-refractivity contribution in [1.82, 2.24) is 10.2 Å². The van der Waals surface area contributed by atoms with E-state index in [4.69, 9.17) is 17.5 Å². The summed E-state index contributed by atoms with van der Waals surface area (Å²) >= 11 is 5.27. The average Bonchev–Trinajstić information content (AvgIpc) is 2.73. The first-order valence-corrected chi connectivity index (χ1v) is 9.17. The van der Waals surface area contributed by atoms with Crippen LogP contribution in [0.5, 0.6) is 0 Å². The third-order valence-electron chi connectivity index (χ3n) is 4.10. The molecular formula is C19H17N5O5S. The number of benzene rings is 2. The van der Waals surface area contributed by atoms with Gasteiger partial charge in [0.25, 0.3) is 17.3 Å². The topological polar surface area (TPSA) is 142 Å². The highest BCUT2D eigenvalue weighted by molar-refractivity contribution is 7.80. The van der Waals surface area contributed by atoms with Gasteiger partial charge in [0.2, 0.25) is 0 Å². The summed E-state index contributed by atoms with van der Waals surface area (Å²) in [7, 11) is 0. The van der Waals surface area contributed by atoms with Crippen LogP contribution in [-0.2, 0) is 6.42 Å². The van der Waals surface area contributed by atoms with Gasteiger partial charge in [0.1, 0.15) is 0 Å². The van der Waals surface area contributed by atoms with E-state index in [9.17, 15) is 25.0 Å². The number of nitriles is 1. The number of amides is 1. The molecule has 0 atom stereocenters. The zero-order valence-electron chi connectivity index (χ0n) is 15.7. The fourth-order valence-corrected chi connectivity index (χ4v) is 2.87. The lowest BCUT2D eigenvalue weighted by atomic mass is 10.1.